The first kappa shape index (κ1) is 24.5. The molecular weight excluding hydrogens is 490 g/mol. The summed E-state index contributed by atoms with van der Waals surface area (Å²) in [5.41, 5.74) is 2.87. The number of nitrogens with two attached hydrogens (primary N) is 1. The number of hydrogen-bond donors (Lipinski definition) is 1. The van der Waals surface area contributed by atoms with Crippen molar-refractivity contribution in [2.75, 3.05) is 12.1 Å². The highest BCUT2D eigenvalue weighted by Gasteiger charge is 2.29. The first-order valence-electron chi connectivity index (χ1n) is 10.5. The summed E-state index contributed by atoms with van der Waals surface area (Å²) >= 11 is 6.49. The van der Waals surface area contributed by atoms with Crippen molar-refractivity contribution in [3.05, 3.63) is 88.5 Å². The lowest BCUT2D eigenvalue weighted by Gasteiger charge is -2.14. The van der Waals surface area contributed by atoms with E-state index in [1.807, 2.05) is 30.3 Å². The van der Waals surface area contributed by atoms with Gasteiger partial charge in [0, 0.05) is 0 Å². The second kappa shape index (κ2) is 9.91. The number of rotatable bonds is 7. The SMILES string of the molecule is COc1cc(/C=C2\C(=O)N(c3ccc(S(N)(=O)=O)cc3)N=C2C)cc(Cl)c1OCc1ccccc1. The van der Waals surface area contributed by atoms with Crippen LogP contribution in [0.15, 0.2) is 82.3 Å². The lowest BCUT2D eigenvalue weighted by molar-refractivity contribution is -0.114. The standard InChI is InChI=1S/C25H22ClN3O5S/c1-16-21(25(30)29(28-16)19-8-10-20(11-9-19)35(27,31)32)12-18-13-22(26)24(23(14-18)33-2)34-15-17-6-4-3-5-7-17/h3-14H,15H2,1-2H3,(H2,27,31,32)/b21-12-. The van der Waals surface area contributed by atoms with Gasteiger partial charge in [-0.25, -0.2) is 13.6 Å². The van der Waals surface area contributed by atoms with Gasteiger partial charge in [-0.2, -0.15) is 10.1 Å². The van der Waals surface area contributed by atoms with E-state index in [2.05, 4.69) is 5.10 Å². The monoisotopic (exact) mass is 511 g/mol. The number of hydrazone groups is 1. The second-order valence-electron chi connectivity index (χ2n) is 7.71. The zero-order valence-corrected chi connectivity index (χ0v) is 20.5. The van der Waals surface area contributed by atoms with Crippen molar-refractivity contribution in [1.82, 2.24) is 0 Å². The summed E-state index contributed by atoms with van der Waals surface area (Å²) in [6.07, 6.45) is 1.66. The summed E-state index contributed by atoms with van der Waals surface area (Å²) in [5, 5.41) is 11.0. The molecule has 4 rings (SSSR count). The number of carbonyl (C=O) groups is 1. The molecule has 0 unspecified atom stereocenters. The van der Waals surface area contributed by atoms with E-state index in [9.17, 15) is 13.2 Å². The number of benzene rings is 3. The Morgan fingerprint density at radius 3 is 2.40 bits per heavy atom. The summed E-state index contributed by atoms with van der Waals surface area (Å²) < 4.78 is 34.3. The molecule has 0 spiro atoms. The smallest absolute Gasteiger partial charge is 0.280 e. The molecule has 0 saturated heterocycles. The molecule has 3 aromatic rings. The van der Waals surface area contributed by atoms with Gasteiger partial charge in [-0.3, -0.25) is 4.79 Å². The first-order valence-corrected chi connectivity index (χ1v) is 12.4. The molecule has 1 aliphatic rings. The largest absolute Gasteiger partial charge is 0.493 e. The van der Waals surface area contributed by atoms with E-state index >= 15 is 0 Å². The second-order valence-corrected chi connectivity index (χ2v) is 9.68. The van der Waals surface area contributed by atoms with Crippen LogP contribution in [0.3, 0.4) is 0 Å². The fraction of sp³-hybridized carbons (Fsp3) is 0.120. The molecule has 0 aliphatic carbocycles. The molecule has 0 aromatic heterocycles. The topological polar surface area (TPSA) is 111 Å². The van der Waals surface area contributed by atoms with Gasteiger partial charge in [0.15, 0.2) is 11.5 Å². The number of hydrogen-bond acceptors (Lipinski definition) is 6. The van der Waals surface area contributed by atoms with Crippen molar-refractivity contribution >= 4 is 45.0 Å². The van der Waals surface area contributed by atoms with Gasteiger partial charge in [-0.05, 0) is 60.5 Å². The average Bonchev–Trinajstić information content (AvgIpc) is 3.11. The number of primary sulfonamides is 1. The minimum atomic E-state index is -3.84. The highest BCUT2D eigenvalue weighted by Crippen LogP contribution is 2.38. The Labute approximate surface area is 208 Å². The van der Waals surface area contributed by atoms with E-state index in [0.29, 0.717) is 45.7 Å². The van der Waals surface area contributed by atoms with Crippen LogP contribution in [0, 0.1) is 0 Å². The van der Waals surface area contributed by atoms with Crippen molar-refractivity contribution in [2.45, 2.75) is 18.4 Å². The Morgan fingerprint density at radius 2 is 1.77 bits per heavy atom. The maximum Gasteiger partial charge on any atom is 0.280 e. The van der Waals surface area contributed by atoms with Gasteiger partial charge in [0.05, 0.1) is 34.0 Å². The summed E-state index contributed by atoms with van der Waals surface area (Å²) in [6, 6.07) is 18.7. The molecule has 180 valence electrons. The minimum absolute atomic E-state index is 0.0549. The molecule has 10 heteroatoms. The number of sulfonamides is 1. The molecule has 0 fully saturated rings. The van der Waals surface area contributed by atoms with Crippen LogP contribution >= 0.6 is 11.6 Å². The van der Waals surface area contributed by atoms with E-state index in [4.69, 9.17) is 26.2 Å². The summed E-state index contributed by atoms with van der Waals surface area (Å²) in [7, 11) is -2.33. The van der Waals surface area contributed by atoms with Gasteiger partial charge in [0.25, 0.3) is 5.91 Å². The van der Waals surface area contributed by atoms with Crippen molar-refractivity contribution in [3.8, 4) is 11.5 Å². The fourth-order valence-corrected chi connectivity index (χ4v) is 4.29. The Balaban J connectivity index is 1.58. The van der Waals surface area contributed by atoms with Crippen molar-refractivity contribution in [2.24, 2.45) is 10.2 Å². The Morgan fingerprint density at radius 1 is 1.09 bits per heavy atom. The molecule has 0 radical (unpaired) electrons. The van der Waals surface area contributed by atoms with Crippen LogP contribution in [0.2, 0.25) is 5.02 Å². The molecule has 1 amide bonds. The van der Waals surface area contributed by atoms with Crippen LogP contribution in [0.25, 0.3) is 6.08 Å². The van der Waals surface area contributed by atoms with Crippen LogP contribution in [0.5, 0.6) is 11.5 Å². The zero-order chi connectivity index (χ0) is 25.2. The minimum Gasteiger partial charge on any atom is -0.493 e. The van der Waals surface area contributed by atoms with Gasteiger partial charge in [-0.15, -0.1) is 0 Å². The predicted octanol–water partition coefficient (Wildman–Crippen LogP) is 4.38. The van der Waals surface area contributed by atoms with E-state index < -0.39 is 10.0 Å². The van der Waals surface area contributed by atoms with Crippen molar-refractivity contribution in [1.29, 1.82) is 0 Å². The molecule has 1 aliphatic heterocycles. The van der Waals surface area contributed by atoms with Gasteiger partial charge in [-0.1, -0.05) is 41.9 Å². The third-order valence-corrected chi connectivity index (χ3v) is 6.47. The quantitative estimate of drug-likeness (QED) is 0.473. The maximum atomic E-state index is 13.1. The Bertz CT molecular complexity index is 1440. The van der Waals surface area contributed by atoms with Gasteiger partial charge < -0.3 is 9.47 Å². The van der Waals surface area contributed by atoms with Crippen molar-refractivity contribution < 1.29 is 22.7 Å². The van der Waals surface area contributed by atoms with E-state index in [-0.39, 0.29) is 10.8 Å². The first-order chi connectivity index (χ1) is 16.7. The summed E-state index contributed by atoms with van der Waals surface area (Å²) in [6.45, 7) is 2.03. The molecule has 0 bridgehead atoms. The van der Waals surface area contributed by atoms with Crippen LogP contribution in [-0.2, 0) is 21.4 Å². The fourth-order valence-electron chi connectivity index (χ4n) is 3.50. The molecule has 3 aromatic carbocycles. The van der Waals surface area contributed by atoms with Crippen LogP contribution in [-0.4, -0.2) is 27.1 Å². The normalized spacial score (nSPS) is 14.9. The lowest BCUT2D eigenvalue weighted by atomic mass is 10.1. The van der Waals surface area contributed by atoms with Crippen LogP contribution in [0.1, 0.15) is 18.1 Å². The third kappa shape index (κ3) is 5.37. The Kier molecular flexibility index (Phi) is 6.93. The summed E-state index contributed by atoms with van der Waals surface area (Å²) in [5.74, 6) is 0.459. The molecule has 35 heavy (non-hydrogen) atoms. The van der Waals surface area contributed by atoms with E-state index in [0.717, 1.165) is 5.56 Å². The predicted molar refractivity (Wildman–Crippen MR) is 135 cm³/mol. The molecule has 2 N–H and O–H groups in total. The number of anilines is 1. The third-order valence-electron chi connectivity index (χ3n) is 5.26. The summed E-state index contributed by atoms with van der Waals surface area (Å²) in [4.78, 5) is 13.0. The molecular formula is C25H22ClN3O5S. The van der Waals surface area contributed by atoms with Crippen LogP contribution in [0.4, 0.5) is 5.69 Å². The van der Waals surface area contributed by atoms with Crippen molar-refractivity contribution in [3.63, 3.8) is 0 Å². The number of ether oxygens (including phenoxy) is 2. The zero-order valence-electron chi connectivity index (χ0n) is 18.9. The highest BCUT2D eigenvalue weighted by molar-refractivity contribution is 7.89. The lowest BCUT2D eigenvalue weighted by Crippen LogP contribution is -2.21. The highest BCUT2D eigenvalue weighted by atomic mass is 35.5. The number of methoxy groups -OCH3 is 1. The van der Waals surface area contributed by atoms with Gasteiger partial charge in [0.2, 0.25) is 10.0 Å². The molecule has 8 nitrogen and oxygen atoms in total. The number of nitrogens with zero attached hydrogens (tertiary/aromatic N) is 2. The maximum absolute atomic E-state index is 13.1. The van der Waals surface area contributed by atoms with Gasteiger partial charge >= 0.3 is 0 Å². The van der Waals surface area contributed by atoms with E-state index in [1.165, 1.54) is 36.4 Å². The molecule has 0 saturated carbocycles. The molecule has 1 heterocycles. The van der Waals surface area contributed by atoms with Crippen LogP contribution < -0.4 is 19.6 Å². The average molecular weight is 512 g/mol. The Hall–Kier alpha value is -3.66. The molecule has 0 atom stereocenters. The van der Waals surface area contributed by atoms with Gasteiger partial charge in [0.1, 0.15) is 6.61 Å². The van der Waals surface area contributed by atoms with E-state index in [1.54, 1.807) is 25.1 Å². The number of halogens is 1. The number of amides is 1. The number of carbonyl (C=O) groups excluding carboxylic acids is 1.